The van der Waals surface area contributed by atoms with Gasteiger partial charge in [-0.2, -0.15) is 0 Å². The van der Waals surface area contributed by atoms with Gasteiger partial charge in [0.1, 0.15) is 0 Å². The molecule has 1 aliphatic rings. The Hall–Kier alpha value is 0.160. The molecule has 0 amide bonds. The largest absolute Gasteiger partial charge is 0.377 e. The molecule has 1 fully saturated rings. The van der Waals surface area contributed by atoms with Crippen molar-refractivity contribution in [3.8, 4) is 0 Å². The van der Waals surface area contributed by atoms with Gasteiger partial charge in [0, 0.05) is 19.0 Å². The monoisotopic (exact) mass is 269 g/mol. The lowest BCUT2D eigenvalue weighted by molar-refractivity contribution is 0.127. The molecule has 0 bridgehead atoms. The number of sulfonamides is 1. The molecule has 16 heavy (non-hydrogen) atoms. The second-order valence-corrected chi connectivity index (χ2v) is 6.58. The molecule has 1 saturated heterocycles. The average Bonchev–Trinajstić information content (AvgIpc) is 2.67. The Morgan fingerprint density at radius 1 is 1.56 bits per heavy atom. The van der Waals surface area contributed by atoms with Gasteiger partial charge >= 0.3 is 0 Å². The SMILES string of the molecule is CC(CCCl)CNS(=O)(=O)CC1CCCO1. The van der Waals surface area contributed by atoms with Crippen LogP contribution in [-0.2, 0) is 14.8 Å². The third-order valence-corrected chi connectivity index (χ3v) is 4.32. The Morgan fingerprint density at radius 2 is 2.31 bits per heavy atom. The maximum atomic E-state index is 11.7. The van der Waals surface area contributed by atoms with E-state index in [2.05, 4.69) is 4.72 Å². The van der Waals surface area contributed by atoms with Gasteiger partial charge in [-0.3, -0.25) is 0 Å². The summed E-state index contributed by atoms with van der Waals surface area (Å²) in [7, 11) is -3.20. The van der Waals surface area contributed by atoms with Gasteiger partial charge in [0.2, 0.25) is 10.0 Å². The van der Waals surface area contributed by atoms with E-state index in [1.807, 2.05) is 6.92 Å². The van der Waals surface area contributed by atoms with E-state index >= 15 is 0 Å². The fourth-order valence-electron chi connectivity index (χ4n) is 1.64. The van der Waals surface area contributed by atoms with Crippen LogP contribution >= 0.6 is 11.6 Å². The number of hydrogen-bond acceptors (Lipinski definition) is 3. The summed E-state index contributed by atoms with van der Waals surface area (Å²) in [4.78, 5) is 0. The second-order valence-electron chi connectivity index (χ2n) is 4.35. The number of ether oxygens (including phenoxy) is 1. The van der Waals surface area contributed by atoms with Gasteiger partial charge < -0.3 is 4.74 Å². The van der Waals surface area contributed by atoms with Crippen LogP contribution in [0.5, 0.6) is 0 Å². The van der Waals surface area contributed by atoms with Crippen LogP contribution in [0.3, 0.4) is 0 Å². The van der Waals surface area contributed by atoms with E-state index in [0.717, 1.165) is 19.3 Å². The minimum absolute atomic E-state index is 0.0839. The molecule has 6 heteroatoms. The summed E-state index contributed by atoms with van der Waals surface area (Å²) in [5.41, 5.74) is 0. The van der Waals surface area contributed by atoms with Crippen molar-refractivity contribution in [2.75, 3.05) is 24.8 Å². The molecule has 0 spiro atoms. The molecule has 0 aliphatic carbocycles. The van der Waals surface area contributed by atoms with E-state index in [1.54, 1.807) is 0 Å². The van der Waals surface area contributed by atoms with Crippen molar-refractivity contribution in [1.82, 2.24) is 4.72 Å². The topological polar surface area (TPSA) is 55.4 Å². The van der Waals surface area contributed by atoms with Gasteiger partial charge in [0.15, 0.2) is 0 Å². The molecular formula is C10H20ClNO3S. The van der Waals surface area contributed by atoms with Crippen molar-refractivity contribution in [2.24, 2.45) is 5.92 Å². The highest BCUT2D eigenvalue weighted by atomic mass is 35.5. The summed E-state index contributed by atoms with van der Waals surface area (Å²) in [6, 6.07) is 0. The Kier molecular flexibility index (Phi) is 6.03. The number of alkyl halides is 1. The van der Waals surface area contributed by atoms with E-state index in [-0.39, 0.29) is 17.8 Å². The minimum Gasteiger partial charge on any atom is -0.377 e. The van der Waals surface area contributed by atoms with Crippen molar-refractivity contribution in [1.29, 1.82) is 0 Å². The number of hydrogen-bond donors (Lipinski definition) is 1. The first-order chi connectivity index (χ1) is 7.53. The zero-order valence-electron chi connectivity index (χ0n) is 9.62. The number of halogens is 1. The molecule has 0 aromatic rings. The Bertz CT molecular complexity index is 288. The highest BCUT2D eigenvalue weighted by Gasteiger charge is 2.23. The third kappa shape index (κ3) is 5.48. The summed E-state index contributed by atoms with van der Waals surface area (Å²) < 4.78 is 31.2. The van der Waals surface area contributed by atoms with E-state index < -0.39 is 10.0 Å². The van der Waals surface area contributed by atoms with E-state index in [0.29, 0.717) is 19.0 Å². The highest BCUT2D eigenvalue weighted by molar-refractivity contribution is 7.89. The first kappa shape index (κ1) is 14.2. The Balaban J connectivity index is 2.27. The predicted octanol–water partition coefficient (Wildman–Crippen LogP) is 1.35. The fourth-order valence-corrected chi connectivity index (χ4v) is 3.42. The Labute approximate surface area is 103 Å². The van der Waals surface area contributed by atoms with Crippen molar-refractivity contribution in [2.45, 2.75) is 32.3 Å². The van der Waals surface area contributed by atoms with Crippen LogP contribution in [0.25, 0.3) is 0 Å². The zero-order valence-corrected chi connectivity index (χ0v) is 11.2. The summed E-state index contributed by atoms with van der Waals surface area (Å²) in [6.45, 7) is 3.13. The average molecular weight is 270 g/mol. The van der Waals surface area contributed by atoms with Gasteiger partial charge in [-0.25, -0.2) is 13.1 Å². The van der Waals surface area contributed by atoms with Crippen LogP contribution in [0.15, 0.2) is 0 Å². The van der Waals surface area contributed by atoms with E-state index in [9.17, 15) is 8.42 Å². The van der Waals surface area contributed by atoms with Crippen molar-refractivity contribution < 1.29 is 13.2 Å². The molecule has 2 unspecified atom stereocenters. The van der Waals surface area contributed by atoms with Crippen LogP contribution in [0.4, 0.5) is 0 Å². The first-order valence-corrected chi connectivity index (χ1v) is 7.87. The molecule has 96 valence electrons. The van der Waals surface area contributed by atoms with Crippen LogP contribution in [-0.4, -0.2) is 39.3 Å². The van der Waals surface area contributed by atoms with Crippen LogP contribution in [0.2, 0.25) is 0 Å². The van der Waals surface area contributed by atoms with E-state index in [1.165, 1.54) is 0 Å². The predicted molar refractivity (Wildman–Crippen MR) is 65.3 cm³/mol. The summed E-state index contributed by atoms with van der Waals surface area (Å²) in [5.74, 6) is 0.923. The van der Waals surface area contributed by atoms with E-state index in [4.69, 9.17) is 16.3 Å². The summed E-state index contributed by atoms with van der Waals surface area (Å²) in [5, 5.41) is 0. The molecular weight excluding hydrogens is 250 g/mol. The maximum absolute atomic E-state index is 11.7. The highest BCUT2D eigenvalue weighted by Crippen LogP contribution is 2.13. The molecule has 0 saturated carbocycles. The quantitative estimate of drug-likeness (QED) is 0.710. The Morgan fingerprint density at radius 3 is 2.88 bits per heavy atom. The van der Waals surface area contributed by atoms with Gasteiger partial charge in [-0.15, -0.1) is 11.6 Å². The molecule has 1 aliphatic heterocycles. The maximum Gasteiger partial charge on any atom is 0.214 e. The van der Waals surface area contributed by atoms with Gasteiger partial charge in [0.05, 0.1) is 11.9 Å². The van der Waals surface area contributed by atoms with Crippen molar-refractivity contribution >= 4 is 21.6 Å². The van der Waals surface area contributed by atoms with Gasteiger partial charge in [-0.1, -0.05) is 6.92 Å². The normalized spacial score (nSPS) is 23.5. The summed E-state index contributed by atoms with van der Waals surface area (Å²) in [6.07, 6.45) is 2.51. The zero-order chi connectivity index (χ0) is 12.0. The van der Waals surface area contributed by atoms with Crippen LogP contribution in [0, 0.1) is 5.92 Å². The van der Waals surface area contributed by atoms with Crippen molar-refractivity contribution in [3.63, 3.8) is 0 Å². The van der Waals surface area contributed by atoms with Gasteiger partial charge in [0.25, 0.3) is 0 Å². The standard InChI is InChI=1S/C10H20ClNO3S/c1-9(4-5-11)7-12-16(13,14)8-10-3-2-6-15-10/h9-10,12H,2-8H2,1H3. The van der Waals surface area contributed by atoms with Crippen LogP contribution < -0.4 is 4.72 Å². The van der Waals surface area contributed by atoms with Crippen LogP contribution in [0.1, 0.15) is 26.2 Å². The molecule has 4 nitrogen and oxygen atoms in total. The molecule has 1 rings (SSSR count). The third-order valence-electron chi connectivity index (χ3n) is 2.68. The molecule has 0 aromatic carbocycles. The lowest BCUT2D eigenvalue weighted by Gasteiger charge is -2.14. The lowest BCUT2D eigenvalue weighted by atomic mass is 10.1. The number of nitrogens with one attached hydrogen (secondary N) is 1. The molecule has 2 atom stereocenters. The lowest BCUT2D eigenvalue weighted by Crippen LogP contribution is -2.34. The molecule has 1 N–H and O–H groups in total. The molecule has 0 aromatic heterocycles. The minimum atomic E-state index is -3.20. The second kappa shape index (κ2) is 6.79. The first-order valence-electron chi connectivity index (χ1n) is 5.68. The smallest absolute Gasteiger partial charge is 0.214 e. The van der Waals surface area contributed by atoms with Gasteiger partial charge in [-0.05, 0) is 25.2 Å². The molecule has 0 radical (unpaired) electrons. The summed E-state index contributed by atoms with van der Waals surface area (Å²) >= 11 is 5.59. The fraction of sp³-hybridized carbons (Fsp3) is 1.00. The molecule has 1 heterocycles. The van der Waals surface area contributed by atoms with Crippen molar-refractivity contribution in [3.05, 3.63) is 0 Å². The number of rotatable bonds is 7.